The Hall–Kier alpha value is -1.16. The lowest BCUT2D eigenvalue weighted by Gasteiger charge is -2.27. The van der Waals surface area contributed by atoms with Gasteiger partial charge in [0.25, 0.3) is 0 Å². The predicted octanol–water partition coefficient (Wildman–Crippen LogP) is 1.90. The van der Waals surface area contributed by atoms with Gasteiger partial charge in [-0.1, -0.05) is 0 Å². The Bertz CT molecular complexity index is 388. The zero-order valence-corrected chi connectivity index (χ0v) is 10.8. The monoisotopic (exact) mass is 235 g/mol. The quantitative estimate of drug-likeness (QED) is 0.847. The van der Waals surface area contributed by atoms with Gasteiger partial charge in [0.05, 0.1) is 6.61 Å². The molecule has 4 heteroatoms. The van der Waals surface area contributed by atoms with Gasteiger partial charge in [0.15, 0.2) is 0 Å². The number of nitrogens with zero attached hydrogens (tertiary/aromatic N) is 3. The molecule has 4 nitrogen and oxygen atoms in total. The predicted molar refractivity (Wildman–Crippen MR) is 67.9 cm³/mol. The number of aliphatic hydroxyl groups is 1. The van der Waals surface area contributed by atoms with Crippen LogP contribution in [0.3, 0.4) is 0 Å². The van der Waals surface area contributed by atoms with Crippen LogP contribution in [-0.2, 0) is 6.61 Å². The van der Waals surface area contributed by atoms with E-state index in [0.717, 1.165) is 29.7 Å². The Morgan fingerprint density at radius 2 is 2.18 bits per heavy atom. The van der Waals surface area contributed by atoms with Crippen molar-refractivity contribution in [1.82, 2.24) is 9.97 Å². The van der Waals surface area contributed by atoms with E-state index in [1.165, 1.54) is 12.8 Å². The van der Waals surface area contributed by atoms with E-state index in [9.17, 15) is 0 Å². The van der Waals surface area contributed by atoms with E-state index in [1.54, 1.807) is 6.20 Å². The zero-order chi connectivity index (χ0) is 12.4. The second kappa shape index (κ2) is 5.00. The van der Waals surface area contributed by atoms with Crippen LogP contribution < -0.4 is 4.90 Å². The number of rotatable bonds is 5. The first-order chi connectivity index (χ1) is 8.11. The van der Waals surface area contributed by atoms with Crippen LogP contribution >= 0.6 is 0 Å². The molecule has 1 heterocycles. The van der Waals surface area contributed by atoms with E-state index in [2.05, 4.69) is 28.7 Å². The number of hydrogen-bond acceptors (Lipinski definition) is 4. The van der Waals surface area contributed by atoms with Crippen molar-refractivity contribution in [3.8, 4) is 0 Å². The minimum atomic E-state index is 0.0103. The van der Waals surface area contributed by atoms with Gasteiger partial charge >= 0.3 is 0 Å². The molecule has 0 radical (unpaired) electrons. The molecule has 1 saturated carbocycles. The van der Waals surface area contributed by atoms with Crippen molar-refractivity contribution in [2.45, 2.75) is 46.3 Å². The highest BCUT2D eigenvalue weighted by molar-refractivity contribution is 5.34. The maximum Gasteiger partial charge on any atom is 0.225 e. The number of aromatic nitrogens is 2. The molecule has 1 fully saturated rings. The zero-order valence-electron chi connectivity index (χ0n) is 10.8. The summed E-state index contributed by atoms with van der Waals surface area (Å²) in [4.78, 5) is 11.1. The smallest absolute Gasteiger partial charge is 0.225 e. The lowest BCUT2D eigenvalue weighted by Crippen LogP contribution is -2.34. The van der Waals surface area contributed by atoms with Gasteiger partial charge in [-0.3, -0.25) is 0 Å². The van der Waals surface area contributed by atoms with Crippen LogP contribution in [0.2, 0.25) is 0 Å². The molecule has 1 aromatic heterocycles. The number of anilines is 1. The van der Waals surface area contributed by atoms with Crippen molar-refractivity contribution in [2.75, 3.05) is 11.4 Å². The van der Waals surface area contributed by atoms with E-state index in [1.807, 2.05) is 6.92 Å². The average molecular weight is 235 g/mol. The molecule has 0 bridgehead atoms. The summed E-state index contributed by atoms with van der Waals surface area (Å²) in [6, 6.07) is 0.412. The van der Waals surface area contributed by atoms with Crippen molar-refractivity contribution in [1.29, 1.82) is 0 Å². The van der Waals surface area contributed by atoms with Gasteiger partial charge in [0.2, 0.25) is 5.95 Å². The van der Waals surface area contributed by atoms with E-state index in [-0.39, 0.29) is 6.61 Å². The third-order valence-electron chi connectivity index (χ3n) is 3.27. The Morgan fingerprint density at radius 1 is 1.47 bits per heavy atom. The Labute approximate surface area is 103 Å². The SMILES string of the molecule is Cc1nc(N(CC2CC2)C(C)C)ncc1CO. The molecule has 0 spiro atoms. The summed E-state index contributed by atoms with van der Waals surface area (Å²) in [5.41, 5.74) is 1.68. The fourth-order valence-electron chi connectivity index (χ4n) is 1.88. The second-order valence-corrected chi connectivity index (χ2v) is 5.13. The maximum atomic E-state index is 9.12. The normalized spacial score (nSPS) is 15.4. The molecule has 0 aromatic carbocycles. The molecule has 0 amide bonds. The Balaban J connectivity index is 2.19. The molecule has 1 aliphatic rings. The molecule has 1 aromatic rings. The van der Waals surface area contributed by atoms with E-state index < -0.39 is 0 Å². The van der Waals surface area contributed by atoms with E-state index in [0.29, 0.717) is 6.04 Å². The molecule has 0 saturated heterocycles. The van der Waals surface area contributed by atoms with Crippen LogP contribution in [0.4, 0.5) is 5.95 Å². The van der Waals surface area contributed by atoms with Gasteiger partial charge in [-0.25, -0.2) is 9.97 Å². The van der Waals surface area contributed by atoms with E-state index in [4.69, 9.17) is 5.11 Å². The molecule has 0 unspecified atom stereocenters. The highest BCUT2D eigenvalue weighted by atomic mass is 16.3. The average Bonchev–Trinajstić information content (AvgIpc) is 3.09. The first-order valence-electron chi connectivity index (χ1n) is 6.31. The molecule has 0 aliphatic heterocycles. The van der Waals surface area contributed by atoms with Crippen molar-refractivity contribution in [3.05, 3.63) is 17.5 Å². The summed E-state index contributed by atoms with van der Waals surface area (Å²) in [6.07, 6.45) is 4.40. The summed E-state index contributed by atoms with van der Waals surface area (Å²) >= 11 is 0. The largest absolute Gasteiger partial charge is 0.392 e. The first kappa shape index (κ1) is 12.3. The summed E-state index contributed by atoms with van der Waals surface area (Å²) < 4.78 is 0. The number of aryl methyl sites for hydroxylation is 1. The fraction of sp³-hybridized carbons (Fsp3) is 0.692. The number of hydrogen-bond donors (Lipinski definition) is 1. The van der Waals surface area contributed by atoms with Crippen molar-refractivity contribution in [2.24, 2.45) is 5.92 Å². The third kappa shape index (κ3) is 2.94. The lowest BCUT2D eigenvalue weighted by atomic mass is 10.2. The van der Waals surface area contributed by atoms with Crippen molar-refractivity contribution >= 4 is 5.95 Å². The summed E-state index contributed by atoms with van der Waals surface area (Å²) in [7, 11) is 0. The first-order valence-corrected chi connectivity index (χ1v) is 6.31. The molecular weight excluding hydrogens is 214 g/mol. The topological polar surface area (TPSA) is 49.2 Å². The Morgan fingerprint density at radius 3 is 2.65 bits per heavy atom. The molecule has 0 atom stereocenters. The third-order valence-corrected chi connectivity index (χ3v) is 3.27. The lowest BCUT2D eigenvalue weighted by molar-refractivity contribution is 0.280. The van der Waals surface area contributed by atoms with Crippen molar-refractivity contribution < 1.29 is 5.11 Å². The minimum Gasteiger partial charge on any atom is -0.392 e. The molecule has 2 rings (SSSR count). The van der Waals surface area contributed by atoms with Crippen LogP contribution in [0, 0.1) is 12.8 Å². The second-order valence-electron chi connectivity index (χ2n) is 5.13. The van der Waals surface area contributed by atoms with Crippen molar-refractivity contribution in [3.63, 3.8) is 0 Å². The fourth-order valence-corrected chi connectivity index (χ4v) is 1.88. The van der Waals surface area contributed by atoms with Crippen LogP contribution in [0.5, 0.6) is 0 Å². The summed E-state index contributed by atoms with van der Waals surface area (Å²) in [5.74, 6) is 1.61. The molecule has 94 valence electrons. The summed E-state index contributed by atoms with van der Waals surface area (Å²) in [5, 5.41) is 9.12. The van der Waals surface area contributed by atoms with Gasteiger partial charge in [-0.15, -0.1) is 0 Å². The van der Waals surface area contributed by atoms with Crippen LogP contribution in [0.15, 0.2) is 6.20 Å². The Kier molecular flexibility index (Phi) is 3.62. The van der Waals surface area contributed by atoms with Gasteiger partial charge in [0, 0.05) is 30.0 Å². The van der Waals surface area contributed by atoms with Gasteiger partial charge in [-0.2, -0.15) is 0 Å². The molecule has 17 heavy (non-hydrogen) atoms. The molecular formula is C13H21N3O. The van der Waals surface area contributed by atoms with Crippen LogP contribution in [0.25, 0.3) is 0 Å². The minimum absolute atomic E-state index is 0.0103. The van der Waals surface area contributed by atoms with E-state index >= 15 is 0 Å². The van der Waals surface area contributed by atoms with Gasteiger partial charge < -0.3 is 10.0 Å². The highest BCUT2D eigenvalue weighted by Crippen LogP contribution is 2.31. The number of aliphatic hydroxyl groups excluding tert-OH is 1. The van der Waals surface area contributed by atoms with Crippen LogP contribution in [-0.4, -0.2) is 27.7 Å². The van der Waals surface area contributed by atoms with Gasteiger partial charge in [-0.05, 0) is 39.5 Å². The van der Waals surface area contributed by atoms with Crippen LogP contribution in [0.1, 0.15) is 37.9 Å². The van der Waals surface area contributed by atoms with Gasteiger partial charge in [0.1, 0.15) is 0 Å². The highest BCUT2D eigenvalue weighted by Gasteiger charge is 2.26. The standard InChI is InChI=1S/C13H21N3O/c1-9(2)16(7-11-4-5-11)13-14-6-12(8-17)10(3)15-13/h6,9,11,17H,4-5,7-8H2,1-3H3. The molecule has 1 N–H and O–H groups in total. The summed E-state index contributed by atoms with van der Waals surface area (Å²) in [6.45, 7) is 7.32. The maximum absolute atomic E-state index is 9.12. The molecule has 1 aliphatic carbocycles.